The Kier molecular flexibility index (Phi) is 6.37. The first-order valence-electron chi connectivity index (χ1n) is 8.83. The molecule has 0 saturated carbocycles. The van der Waals surface area contributed by atoms with E-state index in [-0.39, 0.29) is 24.9 Å². The monoisotopic (exact) mass is 406 g/mol. The van der Waals surface area contributed by atoms with Gasteiger partial charge in [-0.1, -0.05) is 53.5 Å². The highest BCUT2D eigenvalue weighted by molar-refractivity contribution is 6.39. The van der Waals surface area contributed by atoms with Gasteiger partial charge in [-0.3, -0.25) is 9.59 Å². The highest BCUT2D eigenvalue weighted by atomic mass is 35.5. The van der Waals surface area contributed by atoms with Gasteiger partial charge >= 0.3 is 0 Å². The number of fused-ring (bicyclic) bond motifs is 1. The fourth-order valence-electron chi connectivity index (χ4n) is 3.22. The molecule has 1 unspecified atom stereocenters. The zero-order valence-electron chi connectivity index (χ0n) is 15.1. The van der Waals surface area contributed by atoms with E-state index in [9.17, 15) is 9.59 Å². The Hall–Kier alpha value is -2.08. The first kappa shape index (κ1) is 19.7. The van der Waals surface area contributed by atoms with Crippen LogP contribution < -0.4 is 10.2 Å². The smallest absolute Gasteiger partial charge is 0.279 e. The summed E-state index contributed by atoms with van der Waals surface area (Å²) < 4.78 is 0. The Morgan fingerprint density at radius 1 is 1.04 bits per heavy atom. The summed E-state index contributed by atoms with van der Waals surface area (Å²) in [7, 11) is 1.82. The van der Waals surface area contributed by atoms with Crippen molar-refractivity contribution >= 4 is 40.7 Å². The molecule has 1 aliphatic rings. The Labute approximate surface area is 168 Å². The number of rotatable bonds is 5. The quantitative estimate of drug-likeness (QED) is 0.797. The lowest BCUT2D eigenvalue weighted by Crippen LogP contribution is -3.11. The summed E-state index contributed by atoms with van der Waals surface area (Å²) in [6.07, 6.45) is 0.868. The van der Waals surface area contributed by atoms with Crippen molar-refractivity contribution in [3.05, 3.63) is 63.6 Å². The van der Waals surface area contributed by atoms with Gasteiger partial charge in [-0.2, -0.15) is 0 Å². The molecular weight excluding hydrogens is 385 g/mol. The van der Waals surface area contributed by atoms with Gasteiger partial charge in [-0.25, -0.2) is 0 Å². The molecule has 0 bridgehead atoms. The largest absolute Gasteiger partial charge is 0.333 e. The Balaban J connectivity index is 1.52. The minimum Gasteiger partial charge on any atom is -0.333 e. The van der Waals surface area contributed by atoms with Crippen LogP contribution >= 0.6 is 23.2 Å². The van der Waals surface area contributed by atoms with Crippen LogP contribution in [-0.2, 0) is 22.6 Å². The van der Waals surface area contributed by atoms with Crippen LogP contribution in [0.4, 0.5) is 5.69 Å². The molecule has 0 aliphatic carbocycles. The second-order valence-electron chi connectivity index (χ2n) is 6.79. The molecule has 2 aromatic carbocycles. The van der Waals surface area contributed by atoms with Gasteiger partial charge < -0.3 is 15.1 Å². The molecule has 2 amide bonds. The van der Waals surface area contributed by atoms with Gasteiger partial charge in [0, 0.05) is 13.1 Å². The molecule has 0 aromatic heterocycles. The molecule has 2 N–H and O–H groups in total. The highest BCUT2D eigenvalue weighted by Gasteiger charge is 2.24. The van der Waals surface area contributed by atoms with E-state index in [1.165, 1.54) is 11.1 Å². The van der Waals surface area contributed by atoms with Crippen molar-refractivity contribution in [1.29, 1.82) is 0 Å². The number of carbonyl (C=O) groups is 2. The predicted octanol–water partition coefficient (Wildman–Crippen LogP) is 2.03. The van der Waals surface area contributed by atoms with Crippen LogP contribution in [0.25, 0.3) is 0 Å². The molecule has 142 valence electrons. The third-order valence-electron chi connectivity index (χ3n) is 4.63. The van der Waals surface area contributed by atoms with Crippen molar-refractivity contribution in [2.24, 2.45) is 0 Å². The standard InChI is InChI=1S/C20H21Cl2N3O2/c1-24(12-18(26)23-20-16(21)7-4-8-17(20)22)13-19(27)25-10-9-14-5-2-3-6-15(14)11-25/h2-8H,9-13H2,1H3,(H,23,26)/p+1. The first-order chi connectivity index (χ1) is 12.9. The fourth-order valence-corrected chi connectivity index (χ4v) is 3.71. The van der Waals surface area contributed by atoms with E-state index in [4.69, 9.17) is 23.2 Å². The van der Waals surface area contributed by atoms with Crippen molar-refractivity contribution in [3.8, 4) is 0 Å². The predicted molar refractivity (Wildman–Crippen MR) is 107 cm³/mol. The number of hydrogen-bond donors (Lipinski definition) is 2. The van der Waals surface area contributed by atoms with E-state index < -0.39 is 0 Å². The molecule has 0 fully saturated rings. The van der Waals surface area contributed by atoms with Crippen molar-refractivity contribution in [3.63, 3.8) is 0 Å². The van der Waals surface area contributed by atoms with Gasteiger partial charge in [0.05, 0.1) is 22.8 Å². The summed E-state index contributed by atoms with van der Waals surface area (Å²) in [6, 6.07) is 13.2. The lowest BCUT2D eigenvalue weighted by atomic mass is 10.00. The van der Waals surface area contributed by atoms with Crippen molar-refractivity contribution in [2.75, 3.05) is 32.0 Å². The van der Waals surface area contributed by atoms with E-state index in [1.807, 2.05) is 24.1 Å². The van der Waals surface area contributed by atoms with Crippen LogP contribution in [0.5, 0.6) is 0 Å². The number of hydrogen-bond acceptors (Lipinski definition) is 2. The van der Waals surface area contributed by atoms with Crippen LogP contribution in [0.3, 0.4) is 0 Å². The van der Waals surface area contributed by atoms with Gasteiger partial charge in [0.1, 0.15) is 0 Å². The number of nitrogens with zero attached hydrogens (tertiary/aromatic N) is 1. The number of halogens is 2. The molecule has 3 rings (SSSR count). The van der Waals surface area contributed by atoms with Crippen LogP contribution in [0.15, 0.2) is 42.5 Å². The maximum absolute atomic E-state index is 12.6. The topological polar surface area (TPSA) is 53.9 Å². The molecule has 0 radical (unpaired) electrons. The van der Waals surface area contributed by atoms with Gasteiger partial charge in [-0.15, -0.1) is 0 Å². The molecule has 1 atom stereocenters. The molecule has 27 heavy (non-hydrogen) atoms. The van der Waals surface area contributed by atoms with E-state index in [1.54, 1.807) is 18.2 Å². The number of benzene rings is 2. The number of anilines is 1. The Bertz CT molecular complexity index is 837. The Morgan fingerprint density at radius 3 is 2.41 bits per heavy atom. The van der Waals surface area contributed by atoms with Gasteiger partial charge in [0.15, 0.2) is 13.1 Å². The van der Waals surface area contributed by atoms with Crippen LogP contribution in [0.1, 0.15) is 11.1 Å². The second kappa shape index (κ2) is 8.74. The third-order valence-corrected chi connectivity index (χ3v) is 5.26. The maximum atomic E-state index is 12.6. The molecule has 1 aliphatic heterocycles. The van der Waals surface area contributed by atoms with Crippen LogP contribution in [-0.4, -0.2) is 43.4 Å². The van der Waals surface area contributed by atoms with E-state index in [0.29, 0.717) is 28.8 Å². The number of carbonyl (C=O) groups excluding carboxylic acids is 2. The molecule has 5 nitrogen and oxygen atoms in total. The fraction of sp³-hybridized carbons (Fsp3) is 0.300. The normalized spacial score (nSPS) is 14.4. The highest BCUT2D eigenvalue weighted by Crippen LogP contribution is 2.29. The SMILES string of the molecule is C[NH+](CC(=O)Nc1c(Cl)cccc1Cl)CC(=O)N1CCc2ccccc2C1. The molecule has 7 heteroatoms. The molecule has 0 spiro atoms. The van der Waals surface area contributed by atoms with Crippen LogP contribution in [0, 0.1) is 0 Å². The van der Waals surface area contributed by atoms with Gasteiger partial charge in [-0.05, 0) is 29.7 Å². The van der Waals surface area contributed by atoms with Crippen molar-refractivity contribution < 1.29 is 14.5 Å². The van der Waals surface area contributed by atoms with Gasteiger partial charge in [0.2, 0.25) is 0 Å². The minimum absolute atomic E-state index is 0.0468. The summed E-state index contributed by atoms with van der Waals surface area (Å²) >= 11 is 12.1. The number of nitrogens with one attached hydrogen (secondary N) is 2. The zero-order chi connectivity index (χ0) is 19.4. The maximum Gasteiger partial charge on any atom is 0.279 e. The second-order valence-corrected chi connectivity index (χ2v) is 7.60. The number of likely N-dealkylation sites (N-methyl/N-ethyl adjacent to an activating group) is 1. The zero-order valence-corrected chi connectivity index (χ0v) is 16.6. The lowest BCUT2D eigenvalue weighted by Gasteiger charge is -2.29. The number of amides is 2. The van der Waals surface area contributed by atoms with E-state index in [0.717, 1.165) is 11.3 Å². The molecule has 1 heterocycles. The first-order valence-corrected chi connectivity index (χ1v) is 9.59. The average molecular weight is 407 g/mol. The van der Waals surface area contributed by atoms with Crippen molar-refractivity contribution in [1.82, 2.24) is 4.90 Å². The van der Waals surface area contributed by atoms with Gasteiger partial charge in [0.25, 0.3) is 11.8 Å². The Morgan fingerprint density at radius 2 is 1.70 bits per heavy atom. The third kappa shape index (κ3) is 5.01. The lowest BCUT2D eigenvalue weighted by molar-refractivity contribution is -0.862. The molecule has 2 aromatic rings. The average Bonchev–Trinajstić information content (AvgIpc) is 2.64. The summed E-state index contributed by atoms with van der Waals surface area (Å²) in [4.78, 5) is 27.5. The summed E-state index contributed by atoms with van der Waals surface area (Å²) in [5.41, 5.74) is 2.90. The number of para-hydroxylation sites is 1. The minimum atomic E-state index is -0.237. The van der Waals surface area contributed by atoms with Crippen LogP contribution in [0.2, 0.25) is 10.0 Å². The van der Waals surface area contributed by atoms with E-state index in [2.05, 4.69) is 17.4 Å². The molecular formula is C20H22Cl2N3O2+. The van der Waals surface area contributed by atoms with Crippen molar-refractivity contribution in [2.45, 2.75) is 13.0 Å². The number of quaternary nitrogens is 1. The summed E-state index contributed by atoms with van der Waals surface area (Å²) in [6.45, 7) is 1.75. The summed E-state index contributed by atoms with van der Waals surface area (Å²) in [5.74, 6) is -0.190. The molecule has 0 saturated heterocycles. The summed E-state index contributed by atoms with van der Waals surface area (Å²) in [5, 5.41) is 3.50. The van der Waals surface area contributed by atoms with E-state index >= 15 is 0 Å².